The van der Waals surface area contributed by atoms with Gasteiger partial charge in [0.2, 0.25) is 0 Å². The average Bonchev–Trinajstić information content (AvgIpc) is 2.91. The molecule has 6 nitrogen and oxygen atoms in total. The molecule has 23 heavy (non-hydrogen) atoms. The molecule has 0 aliphatic carbocycles. The highest BCUT2D eigenvalue weighted by molar-refractivity contribution is 5.94. The van der Waals surface area contributed by atoms with Crippen LogP contribution in [0.3, 0.4) is 0 Å². The van der Waals surface area contributed by atoms with Crippen molar-refractivity contribution in [1.29, 1.82) is 0 Å². The van der Waals surface area contributed by atoms with Crippen LogP contribution >= 0.6 is 0 Å². The molecule has 1 N–H and O–H groups in total. The van der Waals surface area contributed by atoms with E-state index in [9.17, 15) is 14.7 Å². The van der Waals surface area contributed by atoms with Crippen LogP contribution in [-0.2, 0) is 13.5 Å². The summed E-state index contributed by atoms with van der Waals surface area (Å²) in [6.45, 7) is 0.779. The van der Waals surface area contributed by atoms with Crippen LogP contribution in [0.15, 0.2) is 47.7 Å². The zero-order valence-corrected chi connectivity index (χ0v) is 12.9. The molecule has 0 aromatic carbocycles. The van der Waals surface area contributed by atoms with Gasteiger partial charge in [-0.2, -0.15) is 0 Å². The van der Waals surface area contributed by atoms with Crippen molar-refractivity contribution in [3.05, 3.63) is 64.3 Å². The van der Waals surface area contributed by atoms with Gasteiger partial charge in [-0.1, -0.05) is 0 Å². The van der Waals surface area contributed by atoms with Gasteiger partial charge in [-0.05, 0) is 30.2 Å². The van der Waals surface area contributed by atoms with Gasteiger partial charge in [0.25, 0.3) is 11.5 Å². The molecule has 0 unspecified atom stereocenters. The maximum absolute atomic E-state index is 12.5. The number of aliphatic hydroxyl groups is 1. The summed E-state index contributed by atoms with van der Waals surface area (Å²) in [7, 11) is 1.64. The van der Waals surface area contributed by atoms with Crippen LogP contribution in [0.25, 0.3) is 0 Å². The van der Waals surface area contributed by atoms with Crippen molar-refractivity contribution in [3.63, 3.8) is 0 Å². The van der Waals surface area contributed by atoms with E-state index in [1.165, 1.54) is 10.6 Å². The molecular formula is C17H19N3O3. The number of likely N-dealkylation sites (tertiary alicyclic amines) is 1. The van der Waals surface area contributed by atoms with E-state index in [0.717, 1.165) is 5.56 Å². The monoisotopic (exact) mass is 313 g/mol. The molecule has 0 bridgehead atoms. The summed E-state index contributed by atoms with van der Waals surface area (Å²) in [5.74, 6) is -0.216. The number of aryl methyl sites for hydroxylation is 1. The number of carbonyl (C=O) groups excluding carboxylic acids is 1. The molecule has 2 atom stereocenters. The van der Waals surface area contributed by atoms with Gasteiger partial charge < -0.3 is 14.6 Å². The normalized spacial score (nSPS) is 20.7. The Labute approximate surface area is 134 Å². The van der Waals surface area contributed by atoms with E-state index in [0.29, 0.717) is 25.1 Å². The van der Waals surface area contributed by atoms with Gasteiger partial charge in [-0.15, -0.1) is 0 Å². The molecule has 6 heteroatoms. The number of amides is 1. The van der Waals surface area contributed by atoms with E-state index in [1.807, 2.05) is 12.1 Å². The van der Waals surface area contributed by atoms with Crippen LogP contribution in [0.2, 0.25) is 0 Å². The van der Waals surface area contributed by atoms with E-state index >= 15 is 0 Å². The predicted octanol–water partition coefficient (Wildman–Crippen LogP) is 0.456. The lowest BCUT2D eigenvalue weighted by molar-refractivity contribution is 0.0764. The standard InChI is InChI=1S/C17H19N3O3/c1-19-7-4-13(9-16(19)22)17(23)20-10-14(15(21)11-20)8-12-2-5-18-6-3-12/h2-7,9,14-15,21H,8,10-11H2,1H3/t14-,15-/m1/s1. The largest absolute Gasteiger partial charge is 0.391 e. The van der Waals surface area contributed by atoms with Crippen molar-refractivity contribution in [2.75, 3.05) is 13.1 Å². The summed E-state index contributed by atoms with van der Waals surface area (Å²) in [6.07, 6.45) is 5.16. The maximum atomic E-state index is 12.5. The molecule has 1 amide bonds. The second-order valence-electron chi connectivity index (χ2n) is 5.96. The third kappa shape index (κ3) is 3.32. The Hall–Kier alpha value is -2.47. The Morgan fingerprint density at radius 1 is 1.30 bits per heavy atom. The molecule has 120 valence electrons. The van der Waals surface area contributed by atoms with Gasteiger partial charge in [0.15, 0.2) is 0 Å². The Morgan fingerprint density at radius 3 is 2.74 bits per heavy atom. The highest BCUT2D eigenvalue weighted by Gasteiger charge is 2.34. The molecule has 1 saturated heterocycles. The smallest absolute Gasteiger partial charge is 0.254 e. The lowest BCUT2D eigenvalue weighted by Gasteiger charge is -2.16. The van der Waals surface area contributed by atoms with Crippen LogP contribution in [0.4, 0.5) is 0 Å². The van der Waals surface area contributed by atoms with Crippen LogP contribution in [0.5, 0.6) is 0 Å². The molecule has 0 radical (unpaired) electrons. The molecule has 1 aliphatic rings. The first-order chi connectivity index (χ1) is 11.0. The second-order valence-corrected chi connectivity index (χ2v) is 5.96. The highest BCUT2D eigenvalue weighted by Crippen LogP contribution is 2.22. The highest BCUT2D eigenvalue weighted by atomic mass is 16.3. The lowest BCUT2D eigenvalue weighted by Crippen LogP contribution is -2.31. The van der Waals surface area contributed by atoms with Gasteiger partial charge in [0.05, 0.1) is 6.10 Å². The van der Waals surface area contributed by atoms with Crippen molar-refractivity contribution in [3.8, 4) is 0 Å². The molecule has 3 rings (SSSR count). The summed E-state index contributed by atoms with van der Waals surface area (Å²) in [5.41, 5.74) is 1.24. The zero-order valence-electron chi connectivity index (χ0n) is 12.9. The summed E-state index contributed by atoms with van der Waals surface area (Å²) in [6, 6.07) is 6.80. The molecule has 0 saturated carbocycles. The van der Waals surface area contributed by atoms with Gasteiger partial charge in [-0.3, -0.25) is 14.6 Å². The number of β-amino-alcohol motifs (C(OH)–C–C–N with tert-alkyl or cyclic N) is 1. The van der Waals surface area contributed by atoms with E-state index in [1.54, 1.807) is 36.6 Å². The van der Waals surface area contributed by atoms with Gasteiger partial charge in [0.1, 0.15) is 0 Å². The van der Waals surface area contributed by atoms with Gasteiger partial charge in [0, 0.05) is 56.3 Å². The van der Waals surface area contributed by atoms with Crippen LogP contribution < -0.4 is 5.56 Å². The van der Waals surface area contributed by atoms with Crippen molar-refractivity contribution in [2.45, 2.75) is 12.5 Å². The molecule has 0 spiro atoms. The first kappa shape index (κ1) is 15.4. The number of hydrogen-bond donors (Lipinski definition) is 1. The topological polar surface area (TPSA) is 75.4 Å². The molecule has 1 aliphatic heterocycles. The fourth-order valence-electron chi connectivity index (χ4n) is 2.91. The fourth-order valence-corrected chi connectivity index (χ4v) is 2.91. The van der Waals surface area contributed by atoms with E-state index in [2.05, 4.69) is 4.98 Å². The van der Waals surface area contributed by atoms with Crippen LogP contribution in [0.1, 0.15) is 15.9 Å². The molecule has 3 heterocycles. The van der Waals surface area contributed by atoms with E-state index in [-0.39, 0.29) is 17.4 Å². The van der Waals surface area contributed by atoms with Gasteiger partial charge >= 0.3 is 0 Å². The minimum absolute atomic E-state index is 0.00658. The molecule has 2 aromatic heterocycles. The minimum Gasteiger partial charge on any atom is -0.391 e. The number of rotatable bonds is 3. The SMILES string of the molecule is Cn1ccc(C(=O)N2C[C@@H](Cc3ccncc3)[C@H](O)C2)cc1=O. The van der Waals surface area contributed by atoms with Crippen molar-refractivity contribution in [1.82, 2.24) is 14.5 Å². The number of hydrogen-bond acceptors (Lipinski definition) is 4. The Morgan fingerprint density at radius 2 is 2.04 bits per heavy atom. The van der Waals surface area contributed by atoms with Crippen molar-refractivity contribution >= 4 is 5.91 Å². The first-order valence-corrected chi connectivity index (χ1v) is 7.57. The second kappa shape index (κ2) is 6.34. The number of carbonyl (C=O) groups is 1. The molecule has 2 aromatic rings. The Kier molecular flexibility index (Phi) is 4.25. The van der Waals surface area contributed by atoms with E-state index in [4.69, 9.17) is 0 Å². The summed E-state index contributed by atoms with van der Waals surface area (Å²) in [5, 5.41) is 10.2. The number of pyridine rings is 2. The summed E-state index contributed by atoms with van der Waals surface area (Å²) in [4.78, 5) is 29.8. The quantitative estimate of drug-likeness (QED) is 0.893. The average molecular weight is 313 g/mol. The fraction of sp³-hybridized carbons (Fsp3) is 0.353. The Balaban J connectivity index is 1.71. The number of aliphatic hydroxyl groups excluding tert-OH is 1. The number of aromatic nitrogens is 2. The summed E-state index contributed by atoms with van der Waals surface area (Å²) < 4.78 is 1.42. The lowest BCUT2D eigenvalue weighted by atomic mass is 9.97. The third-order valence-electron chi connectivity index (χ3n) is 4.29. The predicted molar refractivity (Wildman–Crippen MR) is 85.0 cm³/mol. The Bertz CT molecular complexity index is 757. The third-order valence-corrected chi connectivity index (χ3v) is 4.29. The van der Waals surface area contributed by atoms with Gasteiger partial charge in [-0.25, -0.2) is 0 Å². The van der Waals surface area contributed by atoms with Crippen LogP contribution in [0, 0.1) is 5.92 Å². The zero-order chi connectivity index (χ0) is 16.4. The molecule has 1 fully saturated rings. The van der Waals surface area contributed by atoms with Crippen molar-refractivity contribution in [2.24, 2.45) is 13.0 Å². The van der Waals surface area contributed by atoms with Crippen LogP contribution in [-0.4, -0.2) is 44.7 Å². The first-order valence-electron chi connectivity index (χ1n) is 7.57. The number of nitrogens with zero attached hydrogens (tertiary/aromatic N) is 3. The minimum atomic E-state index is -0.557. The molecular weight excluding hydrogens is 294 g/mol. The maximum Gasteiger partial charge on any atom is 0.254 e. The summed E-state index contributed by atoms with van der Waals surface area (Å²) >= 11 is 0. The van der Waals surface area contributed by atoms with Crippen molar-refractivity contribution < 1.29 is 9.90 Å². The van der Waals surface area contributed by atoms with E-state index < -0.39 is 6.10 Å².